The van der Waals surface area contributed by atoms with E-state index in [4.69, 9.17) is 4.74 Å². The van der Waals surface area contributed by atoms with E-state index in [1.807, 2.05) is 0 Å². The monoisotopic (exact) mass is 203 g/mol. The Morgan fingerprint density at radius 3 is 2.42 bits per heavy atom. The van der Waals surface area contributed by atoms with Crippen LogP contribution in [0.5, 0.6) is 0 Å². The highest BCUT2D eigenvalue weighted by Crippen LogP contribution is 2.47. The van der Waals surface area contributed by atoms with Gasteiger partial charge in [-0.05, 0) is 0 Å². The van der Waals surface area contributed by atoms with Crippen LogP contribution in [0.4, 0.5) is 13.2 Å². The summed E-state index contributed by atoms with van der Waals surface area (Å²) < 4.78 is 41.0. The Bertz CT molecular complexity index is 163. The third kappa shape index (κ3) is 1.53. The highest BCUT2D eigenvalue weighted by molar-refractivity contribution is 5.85. The van der Waals surface area contributed by atoms with Crippen molar-refractivity contribution < 1.29 is 17.9 Å². The van der Waals surface area contributed by atoms with Crippen LogP contribution in [0.3, 0.4) is 0 Å². The molecule has 0 aromatic carbocycles. The molecular weight excluding hydrogens is 195 g/mol. The second-order valence-corrected chi connectivity index (χ2v) is 2.88. The van der Waals surface area contributed by atoms with E-state index in [9.17, 15) is 13.2 Å². The minimum atomic E-state index is -4.09. The predicted octanol–water partition coefficient (Wildman–Crippen LogP) is 0.957. The number of nitrogens with one attached hydrogen (secondary N) is 1. The first-order chi connectivity index (χ1) is 5.11. The molecule has 0 aromatic heterocycles. The molecule has 1 aliphatic heterocycles. The molecule has 3 unspecified atom stereocenters. The topological polar surface area (TPSA) is 21.3 Å². The van der Waals surface area contributed by atoms with Crippen LogP contribution < -0.4 is 5.32 Å². The summed E-state index contributed by atoms with van der Waals surface area (Å²) in [5.41, 5.74) is 0. The van der Waals surface area contributed by atoms with Crippen LogP contribution in [0.1, 0.15) is 0 Å². The van der Waals surface area contributed by atoms with Gasteiger partial charge in [0.15, 0.2) is 0 Å². The fourth-order valence-corrected chi connectivity index (χ4v) is 1.54. The van der Waals surface area contributed by atoms with E-state index >= 15 is 0 Å². The average molecular weight is 204 g/mol. The van der Waals surface area contributed by atoms with E-state index in [0.717, 1.165) is 0 Å². The zero-order valence-electron chi connectivity index (χ0n) is 6.10. The number of hydrogen-bond acceptors (Lipinski definition) is 2. The molecule has 6 heteroatoms. The van der Waals surface area contributed by atoms with Crippen molar-refractivity contribution in [1.82, 2.24) is 5.32 Å². The molecule has 3 atom stereocenters. The Kier molecular flexibility index (Phi) is 2.56. The molecule has 1 aliphatic carbocycles. The molecule has 1 saturated carbocycles. The van der Waals surface area contributed by atoms with E-state index in [-0.39, 0.29) is 12.4 Å². The van der Waals surface area contributed by atoms with Crippen LogP contribution in [0.2, 0.25) is 0 Å². The van der Waals surface area contributed by atoms with Crippen molar-refractivity contribution in [1.29, 1.82) is 0 Å². The van der Waals surface area contributed by atoms with Gasteiger partial charge in [0.25, 0.3) is 0 Å². The number of halogens is 4. The average Bonchev–Trinajstić information content (AvgIpc) is 2.58. The van der Waals surface area contributed by atoms with Crippen LogP contribution in [-0.2, 0) is 4.74 Å². The number of fused-ring (bicyclic) bond motifs is 1. The van der Waals surface area contributed by atoms with Crippen molar-refractivity contribution in [2.24, 2.45) is 5.92 Å². The summed E-state index contributed by atoms with van der Waals surface area (Å²) in [5.74, 6) is -1.26. The molecule has 0 amide bonds. The summed E-state index contributed by atoms with van der Waals surface area (Å²) in [6.07, 6.45) is -4.70. The Morgan fingerprint density at radius 1 is 1.33 bits per heavy atom. The fraction of sp³-hybridized carbons (Fsp3) is 1.00. The van der Waals surface area contributed by atoms with Crippen molar-refractivity contribution >= 4 is 12.4 Å². The quantitative estimate of drug-likeness (QED) is 0.633. The van der Waals surface area contributed by atoms with Gasteiger partial charge in [-0.3, -0.25) is 0 Å². The Hall–Kier alpha value is -0.0000000000000000416. The molecule has 0 radical (unpaired) electrons. The van der Waals surface area contributed by atoms with Gasteiger partial charge < -0.3 is 10.1 Å². The zero-order chi connectivity index (χ0) is 8.06. The SMILES string of the molecule is Cl.FC(F)(F)C1C2NCCOC21. The molecule has 72 valence electrons. The lowest BCUT2D eigenvalue weighted by Crippen LogP contribution is -2.31. The zero-order valence-corrected chi connectivity index (χ0v) is 6.91. The van der Waals surface area contributed by atoms with Gasteiger partial charge in [-0.25, -0.2) is 0 Å². The number of rotatable bonds is 0. The molecule has 2 aliphatic rings. The molecule has 1 saturated heterocycles. The van der Waals surface area contributed by atoms with Gasteiger partial charge in [-0.2, -0.15) is 13.2 Å². The predicted molar refractivity (Wildman–Crippen MR) is 38.3 cm³/mol. The fourth-order valence-electron chi connectivity index (χ4n) is 1.54. The smallest absolute Gasteiger partial charge is 0.375 e. The molecule has 2 nitrogen and oxygen atoms in total. The van der Waals surface area contributed by atoms with Crippen molar-refractivity contribution in [2.45, 2.75) is 18.3 Å². The normalized spacial score (nSPS) is 39.8. The van der Waals surface area contributed by atoms with Crippen LogP contribution >= 0.6 is 12.4 Å². The Labute approximate surface area is 73.9 Å². The summed E-state index contributed by atoms with van der Waals surface area (Å²) in [6, 6.07) is -0.469. The first-order valence-electron chi connectivity index (χ1n) is 3.52. The number of alkyl halides is 3. The lowest BCUT2D eigenvalue weighted by molar-refractivity contribution is -0.156. The van der Waals surface area contributed by atoms with E-state index in [1.54, 1.807) is 0 Å². The molecule has 2 fully saturated rings. The van der Waals surface area contributed by atoms with Crippen LogP contribution in [0, 0.1) is 5.92 Å². The Morgan fingerprint density at radius 2 is 2.00 bits per heavy atom. The molecule has 0 spiro atoms. The molecule has 0 aromatic rings. The van der Waals surface area contributed by atoms with Crippen molar-refractivity contribution in [2.75, 3.05) is 13.2 Å². The molecule has 1 heterocycles. The number of hydrogen-bond donors (Lipinski definition) is 1. The first kappa shape index (κ1) is 10.1. The van der Waals surface area contributed by atoms with Gasteiger partial charge in [0.2, 0.25) is 0 Å². The summed E-state index contributed by atoms with van der Waals surface area (Å²) in [7, 11) is 0. The van der Waals surface area contributed by atoms with Gasteiger partial charge in [-0.15, -0.1) is 12.4 Å². The Balaban J connectivity index is 0.000000720. The molecule has 2 rings (SSSR count). The van der Waals surface area contributed by atoms with Gasteiger partial charge in [0.05, 0.1) is 12.7 Å². The summed E-state index contributed by atoms with van der Waals surface area (Å²) in [5, 5.41) is 2.77. The maximum absolute atomic E-state index is 12.0. The van der Waals surface area contributed by atoms with Crippen LogP contribution in [0.25, 0.3) is 0 Å². The highest BCUT2D eigenvalue weighted by atomic mass is 35.5. The third-order valence-corrected chi connectivity index (χ3v) is 2.12. The van der Waals surface area contributed by atoms with Gasteiger partial charge in [-0.1, -0.05) is 0 Å². The second kappa shape index (κ2) is 3.05. The lowest BCUT2D eigenvalue weighted by Gasteiger charge is -2.09. The van der Waals surface area contributed by atoms with Crippen molar-refractivity contribution in [3.05, 3.63) is 0 Å². The van der Waals surface area contributed by atoms with E-state index in [0.29, 0.717) is 13.2 Å². The van der Waals surface area contributed by atoms with Crippen LogP contribution in [0.15, 0.2) is 0 Å². The summed E-state index contributed by atoms with van der Waals surface area (Å²) in [6.45, 7) is 0.932. The minimum absolute atomic E-state index is 0. The number of morpholine rings is 1. The molecule has 0 bridgehead atoms. The van der Waals surface area contributed by atoms with Crippen LogP contribution in [-0.4, -0.2) is 31.5 Å². The maximum atomic E-state index is 12.0. The van der Waals surface area contributed by atoms with Crippen molar-refractivity contribution in [3.8, 4) is 0 Å². The van der Waals surface area contributed by atoms with Gasteiger partial charge >= 0.3 is 6.18 Å². The second-order valence-electron chi connectivity index (χ2n) is 2.88. The van der Waals surface area contributed by atoms with E-state index < -0.39 is 24.2 Å². The summed E-state index contributed by atoms with van der Waals surface area (Å²) in [4.78, 5) is 0. The lowest BCUT2D eigenvalue weighted by atomic mass is 10.4. The minimum Gasteiger partial charge on any atom is -0.375 e. The molecular formula is C6H9ClF3NO. The standard InChI is InChI=1S/C6H8F3NO.ClH/c7-6(8,9)3-4-5(3)11-2-1-10-4;/h3-5,10H,1-2H2;1H. The van der Waals surface area contributed by atoms with Gasteiger partial charge in [0.1, 0.15) is 5.92 Å². The van der Waals surface area contributed by atoms with E-state index in [1.165, 1.54) is 0 Å². The van der Waals surface area contributed by atoms with E-state index in [2.05, 4.69) is 5.32 Å². The maximum Gasteiger partial charge on any atom is 0.395 e. The first-order valence-corrected chi connectivity index (χ1v) is 3.52. The van der Waals surface area contributed by atoms with Gasteiger partial charge in [0, 0.05) is 12.6 Å². The number of ether oxygens (including phenoxy) is 1. The third-order valence-electron chi connectivity index (χ3n) is 2.12. The molecule has 12 heavy (non-hydrogen) atoms. The van der Waals surface area contributed by atoms with Crippen molar-refractivity contribution in [3.63, 3.8) is 0 Å². The highest BCUT2D eigenvalue weighted by Gasteiger charge is 2.66. The largest absolute Gasteiger partial charge is 0.395 e. The summed E-state index contributed by atoms with van der Waals surface area (Å²) >= 11 is 0. The molecule has 1 N–H and O–H groups in total.